The van der Waals surface area contributed by atoms with Crippen LogP contribution in [0, 0.1) is 6.92 Å². The number of ether oxygens (including phenoxy) is 1. The van der Waals surface area contributed by atoms with E-state index in [9.17, 15) is 0 Å². The van der Waals surface area contributed by atoms with Gasteiger partial charge >= 0.3 is 0 Å². The van der Waals surface area contributed by atoms with Crippen molar-refractivity contribution in [3.63, 3.8) is 0 Å². The third kappa shape index (κ3) is 9.62. The topological polar surface area (TPSA) is 84.6 Å². The fraction of sp³-hybridized carbons (Fsp3) is 0.769. The number of aryl methyl sites for hydroxylation is 1. The molecule has 122 valence electrons. The lowest BCUT2D eigenvalue weighted by molar-refractivity contribution is 0.129. The summed E-state index contributed by atoms with van der Waals surface area (Å²) in [5, 5.41) is 10.0. The molecule has 2 N–H and O–H groups in total. The zero-order valence-electron chi connectivity index (χ0n) is 13.0. The standard InChI is InChI=1S/C13H25N5O2.HI/c1-4-5-8-19-9-6-7-15-13(14-3)16-10-12-17-11(2)18-20-12;/h4-10H2,1-3H3,(H2,14,15,16);1H. The van der Waals surface area contributed by atoms with Crippen LogP contribution < -0.4 is 10.6 Å². The Labute approximate surface area is 143 Å². The molecule has 0 atom stereocenters. The second-order valence-corrected chi connectivity index (χ2v) is 4.41. The third-order valence-corrected chi connectivity index (χ3v) is 2.60. The lowest BCUT2D eigenvalue weighted by atomic mass is 10.4. The monoisotopic (exact) mass is 411 g/mol. The van der Waals surface area contributed by atoms with Crippen LogP contribution in [0.5, 0.6) is 0 Å². The second-order valence-electron chi connectivity index (χ2n) is 4.41. The molecule has 0 aromatic carbocycles. The average molecular weight is 411 g/mol. The number of halogens is 1. The van der Waals surface area contributed by atoms with Crippen LogP contribution in [0.4, 0.5) is 0 Å². The number of hydrogen-bond acceptors (Lipinski definition) is 5. The van der Waals surface area contributed by atoms with Gasteiger partial charge in [0.15, 0.2) is 11.8 Å². The Bertz CT molecular complexity index is 398. The van der Waals surface area contributed by atoms with E-state index >= 15 is 0 Å². The van der Waals surface area contributed by atoms with Crippen molar-refractivity contribution in [2.75, 3.05) is 26.8 Å². The molecular weight excluding hydrogens is 385 g/mol. The van der Waals surface area contributed by atoms with Gasteiger partial charge in [0.05, 0.1) is 6.54 Å². The van der Waals surface area contributed by atoms with E-state index in [2.05, 4.69) is 32.7 Å². The largest absolute Gasteiger partial charge is 0.381 e. The third-order valence-electron chi connectivity index (χ3n) is 2.60. The fourth-order valence-electron chi connectivity index (χ4n) is 1.52. The van der Waals surface area contributed by atoms with Crippen molar-refractivity contribution in [3.8, 4) is 0 Å². The summed E-state index contributed by atoms with van der Waals surface area (Å²) < 4.78 is 10.5. The number of guanidine groups is 1. The van der Waals surface area contributed by atoms with Gasteiger partial charge in [0, 0.05) is 26.8 Å². The zero-order valence-corrected chi connectivity index (χ0v) is 15.3. The lowest BCUT2D eigenvalue weighted by Crippen LogP contribution is -2.37. The summed E-state index contributed by atoms with van der Waals surface area (Å²) in [5.41, 5.74) is 0. The Morgan fingerprint density at radius 3 is 2.67 bits per heavy atom. The highest BCUT2D eigenvalue weighted by Gasteiger charge is 2.03. The average Bonchev–Trinajstić information content (AvgIpc) is 2.87. The van der Waals surface area contributed by atoms with E-state index in [1.807, 2.05) is 0 Å². The van der Waals surface area contributed by atoms with Gasteiger partial charge in [-0.15, -0.1) is 24.0 Å². The van der Waals surface area contributed by atoms with E-state index in [0.717, 1.165) is 38.6 Å². The van der Waals surface area contributed by atoms with E-state index in [4.69, 9.17) is 9.26 Å². The number of unbranched alkanes of at least 4 members (excludes halogenated alkanes) is 1. The van der Waals surface area contributed by atoms with Crippen LogP contribution in [-0.4, -0.2) is 42.9 Å². The molecule has 0 aliphatic heterocycles. The molecule has 0 unspecified atom stereocenters. The fourth-order valence-corrected chi connectivity index (χ4v) is 1.52. The van der Waals surface area contributed by atoms with Crippen molar-refractivity contribution in [2.45, 2.75) is 39.7 Å². The van der Waals surface area contributed by atoms with Crippen LogP contribution in [-0.2, 0) is 11.3 Å². The van der Waals surface area contributed by atoms with Crippen LogP contribution >= 0.6 is 24.0 Å². The maximum atomic E-state index is 5.49. The number of rotatable bonds is 9. The van der Waals surface area contributed by atoms with Gasteiger partial charge in [0.2, 0.25) is 5.89 Å². The Balaban J connectivity index is 0.00000400. The quantitative estimate of drug-likeness (QED) is 0.279. The first-order valence-corrected chi connectivity index (χ1v) is 7.07. The molecular formula is C13H26IN5O2. The summed E-state index contributed by atoms with van der Waals surface area (Å²) in [6, 6.07) is 0. The van der Waals surface area contributed by atoms with Crippen LogP contribution in [0.3, 0.4) is 0 Å². The first-order chi connectivity index (χ1) is 9.76. The Hall–Kier alpha value is -0.900. The number of aliphatic imine (C=N–C) groups is 1. The molecule has 1 rings (SSSR count). The second kappa shape index (κ2) is 12.8. The molecule has 1 aromatic heterocycles. The first-order valence-electron chi connectivity index (χ1n) is 7.07. The zero-order chi connectivity index (χ0) is 14.6. The lowest BCUT2D eigenvalue weighted by Gasteiger charge is -2.10. The molecule has 0 saturated heterocycles. The van der Waals surface area contributed by atoms with Crippen molar-refractivity contribution in [3.05, 3.63) is 11.7 Å². The molecule has 0 aliphatic carbocycles. The van der Waals surface area contributed by atoms with Gasteiger partial charge in [-0.25, -0.2) is 0 Å². The molecule has 0 aliphatic rings. The summed E-state index contributed by atoms with van der Waals surface area (Å²) in [6.07, 6.45) is 3.24. The number of nitrogens with one attached hydrogen (secondary N) is 2. The van der Waals surface area contributed by atoms with E-state index in [1.54, 1.807) is 14.0 Å². The van der Waals surface area contributed by atoms with Crippen molar-refractivity contribution in [1.82, 2.24) is 20.8 Å². The van der Waals surface area contributed by atoms with E-state index < -0.39 is 0 Å². The molecule has 8 heteroatoms. The summed E-state index contributed by atoms with van der Waals surface area (Å²) in [6.45, 7) is 6.85. The molecule has 0 saturated carbocycles. The van der Waals surface area contributed by atoms with Crippen LogP contribution in [0.2, 0.25) is 0 Å². The number of nitrogens with zero attached hydrogens (tertiary/aromatic N) is 3. The van der Waals surface area contributed by atoms with E-state index in [0.29, 0.717) is 18.3 Å². The van der Waals surface area contributed by atoms with Crippen molar-refractivity contribution < 1.29 is 9.26 Å². The van der Waals surface area contributed by atoms with Gasteiger partial charge in [-0.2, -0.15) is 4.98 Å². The summed E-state index contributed by atoms with van der Waals surface area (Å²) in [7, 11) is 1.73. The van der Waals surface area contributed by atoms with Crippen molar-refractivity contribution >= 4 is 29.9 Å². The van der Waals surface area contributed by atoms with Gasteiger partial charge in [0.1, 0.15) is 0 Å². The summed E-state index contributed by atoms with van der Waals surface area (Å²) >= 11 is 0. The molecule has 1 aromatic rings. The number of hydrogen-bond donors (Lipinski definition) is 2. The molecule has 21 heavy (non-hydrogen) atoms. The molecule has 0 fully saturated rings. The molecule has 0 spiro atoms. The molecule has 1 heterocycles. The maximum Gasteiger partial charge on any atom is 0.246 e. The number of aromatic nitrogens is 2. The normalized spacial score (nSPS) is 11.1. The highest BCUT2D eigenvalue weighted by atomic mass is 127. The molecule has 7 nitrogen and oxygen atoms in total. The van der Waals surface area contributed by atoms with Gasteiger partial charge in [0.25, 0.3) is 0 Å². The highest BCUT2D eigenvalue weighted by molar-refractivity contribution is 14.0. The Kier molecular flexibility index (Phi) is 12.3. The molecule has 0 bridgehead atoms. The minimum absolute atomic E-state index is 0. The predicted octanol–water partition coefficient (Wildman–Crippen LogP) is 1.87. The Morgan fingerprint density at radius 1 is 1.29 bits per heavy atom. The Morgan fingerprint density at radius 2 is 2.05 bits per heavy atom. The van der Waals surface area contributed by atoms with Crippen molar-refractivity contribution in [2.24, 2.45) is 4.99 Å². The minimum atomic E-state index is 0. The van der Waals surface area contributed by atoms with Gasteiger partial charge in [-0.1, -0.05) is 18.5 Å². The highest BCUT2D eigenvalue weighted by Crippen LogP contribution is 1.94. The van der Waals surface area contributed by atoms with Crippen LogP contribution in [0.25, 0.3) is 0 Å². The van der Waals surface area contributed by atoms with Crippen LogP contribution in [0.1, 0.15) is 37.9 Å². The first kappa shape index (κ1) is 20.1. The smallest absolute Gasteiger partial charge is 0.246 e. The summed E-state index contributed by atoms with van der Waals surface area (Å²) in [5.74, 6) is 1.90. The van der Waals surface area contributed by atoms with Crippen molar-refractivity contribution in [1.29, 1.82) is 0 Å². The summed E-state index contributed by atoms with van der Waals surface area (Å²) in [4.78, 5) is 8.23. The van der Waals surface area contributed by atoms with Crippen LogP contribution in [0.15, 0.2) is 9.52 Å². The SMILES string of the molecule is CCCCOCCCNC(=NC)NCc1nc(C)no1.I. The molecule has 0 radical (unpaired) electrons. The predicted molar refractivity (Wildman–Crippen MR) is 93.0 cm³/mol. The van der Waals surface area contributed by atoms with E-state index in [1.165, 1.54) is 6.42 Å². The minimum Gasteiger partial charge on any atom is -0.381 e. The van der Waals surface area contributed by atoms with E-state index in [-0.39, 0.29) is 24.0 Å². The maximum absolute atomic E-state index is 5.49. The molecule has 0 amide bonds. The van der Waals surface area contributed by atoms with Gasteiger partial charge < -0.3 is 19.9 Å². The van der Waals surface area contributed by atoms with Gasteiger partial charge in [-0.3, -0.25) is 4.99 Å². The van der Waals surface area contributed by atoms with Gasteiger partial charge in [-0.05, 0) is 19.8 Å².